The number of nitrogens with zero attached hydrogens (tertiary/aromatic N) is 4. The van der Waals surface area contributed by atoms with Crippen molar-refractivity contribution in [1.29, 1.82) is 0 Å². The van der Waals surface area contributed by atoms with Gasteiger partial charge in [0.1, 0.15) is 0 Å². The van der Waals surface area contributed by atoms with Crippen LogP contribution in [0.4, 0.5) is 5.95 Å². The van der Waals surface area contributed by atoms with E-state index in [4.69, 9.17) is 0 Å². The van der Waals surface area contributed by atoms with Crippen molar-refractivity contribution in [2.45, 2.75) is 32.6 Å². The minimum Gasteiger partial charge on any atom is -0.353 e. The molecule has 0 radical (unpaired) electrons. The highest BCUT2D eigenvalue weighted by Gasteiger charge is 2.41. The molecule has 14 heavy (non-hydrogen) atoms. The van der Waals surface area contributed by atoms with Crippen molar-refractivity contribution in [3.8, 4) is 0 Å². The molecule has 1 aliphatic carbocycles. The summed E-state index contributed by atoms with van der Waals surface area (Å²) in [6.45, 7) is 3.25. The number of anilines is 1. The molecule has 5 nitrogen and oxygen atoms in total. The SMILES string of the molecule is CCCC1(CNc2nnnn2C)CC1. The van der Waals surface area contributed by atoms with Crippen molar-refractivity contribution in [3.05, 3.63) is 0 Å². The smallest absolute Gasteiger partial charge is 0.242 e. The van der Waals surface area contributed by atoms with Crippen LogP contribution in [-0.2, 0) is 7.05 Å². The van der Waals surface area contributed by atoms with Gasteiger partial charge in [-0.1, -0.05) is 18.4 Å². The fourth-order valence-electron chi connectivity index (χ4n) is 1.87. The van der Waals surface area contributed by atoms with Crippen LogP contribution in [0.25, 0.3) is 0 Å². The van der Waals surface area contributed by atoms with Gasteiger partial charge in [-0.3, -0.25) is 0 Å². The van der Waals surface area contributed by atoms with E-state index in [1.54, 1.807) is 4.68 Å². The van der Waals surface area contributed by atoms with Crippen LogP contribution in [-0.4, -0.2) is 26.8 Å². The van der Waals surface area contributed by atoms with Gasteiger partial charge in [0, 0.05) is 13.6 Å². The Morgan fingerprint density at radius 2 is 2.29 bits per heavy atom. The number of aromatic nitrogens is 4. The molecule has 0 amide bonds. The van der Waals surface area contributed by atoms with Crippen LogP contribution in [0, 0.1) is 5.41 Å². The molecule has 0 aromatic carbocycles. The van der Waals surface area contributed by atoms with Crippen molar-refractivity contribution in [2.24, 2.45) is 12.5 Å². The molecule has 1 heterocycles. The van der Waals surface area contributed by atoms with Crippen molar-refractivity contribution in [1.82, 2.24) is 20.2 Å². The van der Waals surface area contributed by atoms with Crippen molar-refractivity contribution >= 4 is 5.95 Å². The summed E-state index contributed by atoms with van der Waals surface area (Å²) in [7, 11) is 1.85. The summed E-state index contributed by atoms with van der Waals surface area (Å²) in [5.74, 6) is 0.771. The molecule has 1 aliphatic rings. The predicted octanol–water partition coefficient (Wildman–Crippen LogP) is 1.20. The normalized spacial score (nSPS) is 18.1. The quantitative estimate of drug-likeness (QED) is 0.767. The van der Waals surface area contributed by atoms with Crippen molar-refractivity contribution < 1.29 is 0 Å². The van der Waals surface area contributed by atoms with E-state index in [0.29, 0.717) is 5.41 Å². The first-order chi connectivity index (χ1) is 6.76. The number of hydrogen-bond acceptors (Lipinski definition) is 4. The van der Waals surface area contributed by atoms with Crippen LogP contribution in [0.5, 0.6) is 0 Å². The molecule has 1 N–H and O–H groups in total. The maximum Gasteiger partial charge on any atom is 0.242 e. The first kappa shape index (κ1) is 9.43. The summed E-state index contributed by atoms with van der Waals surface area (Å²) in [4.78, 5) is 0. The highest BCUT2D eigenvalue weighted by molar-refractivity contribution is 5.22. The molecule has 78 valence electrons. The molecule has 0 spiro atoms. The zero-order valence-electron chi connectivity index (χ0n) is 8.82. The molecule has 1 aromatic rings. The fourth-order valence-corrected chi connectivity index (χ4v) is 1.87. The summed E-state index contributed by atoms with van der Waals surface area (Å²) >= 11 is 0. The Hall–Kier alpha value is -1.13. The minimum atomic E-state index is 0.542. The van der Waals surface area contributed by atoms with Gasteiger partial charge in [0.25, 0.3) is 0 Å². The Bertz CT molecular complexity index is 302. The lowest BCUT2D eigenvalue weighted by Crippen LogP contribution is -2.17. The highest BCUT2D eigenvalue weighted by Crippen LogP contribution is 2.49. The molecule has 0 saturated heterocycles. The van der Waals surface area contributed by atoms with E-state index in [1.807, 2.05) is 7.05 Å². The van der Waals surface area contributed by atoms with E-state index in [9.17, 15) is 0 Å². The van der Waals surface area contributed by atoms with Crippen molar-refractivity contribution in [3.63, 3.8) is 0 Å². The summed E-state index contributed by atoms with van der Waals surface area (Å²) in [6.07, 6.45) is 5.27. The third-order valence-electron chi connectivity index (χ3n) is 2.98. The Balaban J connectivity index is 1.86. The van der Waals surface area contributed by atoms with Gasteiger partial charge in [0.05, 0.1) is 0 Å². The van der Waals surface area contributed by atoms with Gasteiger partial charge in [0.2, 0.25) is 5.95 Å². The molecule has 5 heteroatoms. The lowest BCUT2D eigenvalue weighted by atomic mass is 10.0. The summed E-state index contributed by atoms with van der Waals surface area (Å²) in [6, 6.07) is 0. The summed E-state index contributed by atoms with van der Waals surface area (Å²) < 4.78 is 1.67. The number of nitrogens with one attached hydrogen (secondary N) is 1. The van der Waals surface area contributed by atoms with E-state index < -0.39 is 0 Å². The van der Waals surface area contributed by atoms with Gasteiger partial charge in [-0.15, -0.1) is 0 Å². The Labute approximate surface area is 83.9 Å². The second-order valence-corrected chi connectivity index (χ2v) is 4.23. The third-order valence-corrected chi connectivity index (χ3v) is 2.98. The number of rotatable bonds is 5. The molecule has 0 aliphatic heterocycles. The fraction of sp³-hybridized carbons (Fsp3) is 0.889. The van der Waals surface area contributed by atoms with E-state index in [0.717, 1.165) is 12.5 Å². The van der Waals surface area contributed by atoms with Crippen LogP contribution in [0.1, 0.15) is 32.6 Å². The minimum absolute atomic E-state index is 0.542. The largest absolute Gasteiger partial charge is 0.353 e. The Morgan fingerprint density at radius 3 is 2.79 bits per heavy atom. The maximum atomic E-state index is 3.90. The molecular weight excluding hydrogens is 178 g/mol. The standard InChI is InChI=1S/C9H17N5/c1-3-4-9(5-6-9)7-10-8-11-12-13-14(8)2/h3-7H2,1-2H3,(H,10,11,13). The molecule has 1 saturated carbocycles. The average Bonchev–Trinajstić information content (AvgIpc) is 2.81. The van der Waals surface area contributed by atoms with Crippen LogP contribution < -0.4 is 5.32 Å². The summed E-state index contributed by atoms with van der Waals surface area (Å²) in [5, 5.41) is 14.6. The van der Waals surface area contributed by atoms with Crippen LogP contribution in [0.2, 0.25) is 0 Å². The number of tetrazole rings is 1. The lowest BCUT2D eigenvalue weighted by Gasteiger charge is -2.14. The molecule has 0 atom stereocenters. The molecule has 1 aromatic heterocycles. The summed E-state index contributed by atoms with van der Waals surface area (Å²) in [5.41, 5.74) is 0.542. The van der Waals surface area contributed by atoms with E-state index >= 15 is 0 Å². The van der Waals surface area contributed by atoms with Crippen LogP contribution in [0.3, 0.4) is 0 Å². The Morgan fingerprint density at radius 1 is 1.50 bits per heavy atom. The highest BCUT2D eigenvalue weighted by atomic mass is 15.6. The van der Waals surface area contributed by atoms with Gasteiger partial charge >= 0.3 is 0 Å². The maximum absolute atomic E-state index is 3.90. The molecular formula is C9H17N5. The van der Waals surface area contributed by atoms with Gasteiger partial charge in [-0.05, 0) is 35.1 Å². The van der Waals surface area contributed by atoms with E-state index in [2.05, 4.69) is 27.8 Å². The van der Waals surface area contributed by atoms with Gasteiger partial charge in [-0.25, -0.2) is 4.68 Å². The van der Waals surface area contributed by atoms with Crippen molar-refractivity contribution in [2.75, 3.05) is 11.9 Å². The third kappa shape index (κ3) is 1.86. The second kappa shape index (κ2) is 3.55. The monoisotopic (exact) mass is 195 g/mol. The van der Waals surface area contributed by atoms with Crippen LogP contribution in [0.15, 0.2) is 0 Å². The Kier molecular flexibility index (Phi) is 2.39. The zero-order chi connectivity index (χ0) is 10.0. The number of aryl methyl sites for hydroxylation is 1. The second-order valence-electron chi connectivity index (χ2n) is 4.23. The number of hydrogen-bond donors (Lipinski definition) is 1. The van der Waals surface area contributed by atoms with E-state index in [-0.39, 0.29) is 0 Å². The first-order valence-electron chi connectivity index (χ1n) is 5.22. The lowest BCUT2D eigenvalue weighted by molar-refractivity contribution is 0.483. The molecule has 1 fully saturated rings. The molecule has 2 rings (SSSR count). The first-order valence-corrected chi connectivity index (χ1v) is 5.22. The topological polar surface area (TPSA) is 55.6 Å². The van der Waals surface area contributed by atoms with Crippen LogP contribution >= 0.6 is 0 Å². The van der Waals surface area contributed by atoms with E-state index in [1.165, 1.54) is 25.7 Å². The average molecular weight is 195 g/mol. The zero-order valence-corrected chi connectivity index (χ0v) is 8.82. The predicted molar refractivity (Wildman–Crippen MR) is 53.9 cm³/mol. The van der Waals surface area contributed by atoms with Gasteiger partial charge in [0.15, 0.2) is 0 Å². The van der Waals surface area contributed by atoms with Gasteiger partial charge < -0.3 is 5.32 Å². The molecule has 0 bridgehead atoms. The van der Waals surface area contributed by atoms with Gasteiger partial charge in [-0.2, -0.15) is 0 Å². The molecule has 0 unspecified atom stereocenters.